The molecule has 0 saturated carbocycles. The number of ether oxygens (including phenoxy) is 2. The average Bonchev–Trinajstić information content (AvgIpc) is 3.01. The van der Waals surface area contributed by atoms with E-state index in [2.05, 4.69) is 20.8 Å². The Balaban J connectivity index is 1.69. The molecule has 1 aliphatic carbocycles. The number of fused-ring (bicyclic) bond motifs is 1. The molecule has 0 unspecified atom stereocenters. The first kappa shape index (κ1) is 20.9. The minimum absolute atomic E-state index is 0.189. The third-order valence-corrected chi connectivity index (χ3v) is 5.72. The van der Waals surface area contributed by atoms with Gasteiger partial charge in [0.2, 0.25) is 0 Å². The van der Waals surface area contributed by atoms with E-state index < -0.39 is 11.7 Å². The predicted molar refractivity (Wildman–Crippen MR) is 111 cm³/mol. The molecule has 0 N–H and O–H groups in total. The zero-order valence-corrected chi connectivity index (χ0v) is 17.8. The summed E-state index contributed by atoms with van der Waals surface area (Å²) in [4.78, 5) is 15.1. The summed E-state index contributed by atoms with van der Waals surface area (Å²) in [5, 5.41) is 0. The first-order valence-electron chi connectivity index (χ1n) is 9.43. The number of ketones is 1. The maximum Gasteiger partial charge on any atom is 0.416 e. The largest absolute Gasteiger partial charge is 0.495 e. The summed E-state index contributed by atoms with van der Waals surface area (Å²) >= 11 is 3.12. The van der Waals surface area contributed by atoms with Crippen molar-refractivity contribution in [3.63, 3.8) is 0 Å². The normalized spacial score (nSPS) is 18.1. The Morgan fingerprint density at radius 2 is 1.87 bits per heavy atom. The minimum Gasteiger partial charge on any atom is -0.495 e. The number of halogens is 4. The molecular weight excluding hydrogens is 463 g/mol. The number of hydrogen-bond acceptors (Lipinski definition) is 4. The van der Waals surface area contributed by atoms with E-state index in [-0.39, 0.29) is 5.78 Å². The highest BCUT2D eigenvalue weighted by Crippen LogP contribution is 2.38. The van der Waals surface area contributed by atoms with Crippen LogP contribution in [-0.4, -0.2) is 39.2 Å². The monoisotopic (exact) mass is 481 g/mol. The summed E-state index contributed by atoms with van der Waals surface area (Å²) in [7, 11) is 1.56. The van der Waals surface area contributed by atoms with Gasteiger partial charge in [0.25, 0.3) is 0 Å². The van der Waals surface area contributed by atoms with Crippen LogP contribution >= 0.6 is 15.9 Å². The van der Waals surface area contributed by atoms with Crippen LogP contribution in [0, 0.1) is 0 Å². The molecule has 0 amide bonds. The van der Waals surface area contributed by atoms with Crippen LogP contribution in [0.1, 0.15) is 27.0 Å². The van der Waals surface area contributed by atoms with Crippen molar-refractivity contribution in [3.8, 4) is 5.75 Å². The summed E-state index contributed by atoms with van der Waals surface area (Å²) in [6.45, 7) is 2.69. The topological polar surface area (TPSA) is 38.8 Å². The summed E-state index contributed by atoms with van der Waals surface area (Å²) < 4.78 is 50.6. The summed E-state index contributed by atoms with van der Waals surface area (Å²) in [6, 6.07) is 7.31. The molecule has 1 saturated heterocycles. The van der Waals surface area contributed by atoms with Crippen molar-refractivity contribution in [1.82, 2.24) is 0 Å². The van der Waals surface area contributed by atoms with Gasteiger partial charge in [-0.25, -0.2) is 0 Å². The van der Waals surface area contributed by atoms with Crippen molar-refractivity contribution >= 4 is 33.5 Å². The summed E-state index contributed by atoms with van der Waals surface area (Å²) in [5.74, 6) is 0.414. The van der Waals surface area contributed by atoms with Gasteiger partial charge in [0.05, 0.1) is 31.6 Å². The standard InChI is InChI=1S/C22H19BrF3NO3/c1-29-20-12-18-14(10-19(20)27-2-4-30-5-3-27)9-15(21(18)28)6-13-7-16(22(24,25)26)11-17(23)8-13/h6-8,10-12H,2-5,9H2,1H3. The second kappa shape index (κ2) is 8.07. The van der Waals surface area contributed by atoms with Crippen molar-refractivity contribution in [1.29, 1.82) is 0 Å². The van der Waals surface area contributed by atoms with Gasteiger partial charge < -0.3 is 14.4 Å². The van der Waals surface area contributed by atoms with Gasteiger partial charge in [-0.2, -0.15) is 13.2 Å². The predicted octanol–water partition coefficient (Wildman–Crippen LogP) is 5.14. The van der Waals surface area contributed by atoms with Gasteiger partial charge in [0.1, 0.15) is 5.75 Å². The Kier molecular flexibility index (Phi) is 5.63. The van der Waals surface area contributed by atoms with Crippen LogP contribution in [0.5, 0.6) is 5.75 Å². The molecular formula is C22H19BrF3NO3. The lowest BCUT2D eigenvalue weighted by Gasteiger charge is -2.30. The van der Waals surface area contributed by atoms with Gasteiger partial charge >= 0.3 is 6.18 Å². The number of alkyl halides is 3. The molecule has 0 bridgehead atoms. The second-order valence-electron chi connectivity index (χ2n) is 7.23. The van der Waals surface area contributed by atoms with Crippen LogP contribution in [0.15, 0.2) is 40.4 Å². The number of carbonyl (C=O) groups excluding carboxylic acids is 1. The molecule has 30 heavy (non-hydrogen) atoms. The third kappa shape index (κ3) is 4.11. The molecule has 8 heteroatoms. The Hall–Kier alpha value is -2.32. The fraction of sp³-hybridized carbons (Fsp3) is 0.318. The van der Waals surface area contributed by atoms with Gasteiger partial charge in [0, 0.05) is 35.1 Å². The lowest BCUT2D eigenvalue weighted by Crippen LogP contribution is -2.36. The Morgan fingerprint density at radius 3 is 2.53 bits per heavy atom. The van der Waals surface area contributed by atoms with Crippen LogP contribution in [0.3, 0.4) is 0 Å². The number of benzene rings is 2. The highest BCUT2D eigenvalue weighted by Gasteiger charge is 2.32. The smallest absolute Gasteiger partial charge is 0.416 e. The van der Waals surface area contributed by atoms with Crippen molar-refractivity contribution in [2.45, 2.75) is 12.6 Å². The molecule has 0 spiro atoms. The number of Topliss-reactive ketones (excluding diaryl/α,β-unsaturated/α-hetero) is 1. The molecule has 1 heterocycles. The fourth-order valence-corrected chi connectivity index (χ4v) is 4.33. The molecule has 0 atom stereocenters. The minimum atomic E-state index is -4.46. The van der Waals surface area contributed by atoms with E-state index in [1.54, 1.807) is 19.2 Å². The van der Waals surface area contributed by atoms with E-state index in [1.807, 2.05) is 6.07 Å². The Bertz CT molecular complexity index is 1030. The van der Waals surface area contributed by atoms with E-state index in [0.29, 0.717) is 46.6 Å². The lowest BCUT2D eigenvalue weighted by molar-refractivity contribution is -0.137. The third-order valence-electron chi connectivity index (χ3n) is 5.26. The summed E-state index contributed by atoms with van der Waals surface area (Å²) in [5.41, 5.74) is 2.30. The van der Waals surface area contributed by atoms with E-state index in [9.17, 15) is 18.0 Å². The number of carbonyl (C=O) groups is 1. The Labute approximate surface area is 180 Å². The maximum absolute atomic E-state index is 13.1. The van der Waals surface area contributed by atoms with Crippen LogP contribution in [0.4, 0.5) is 18.9 Å². The van der Waals surface area contributed by atoms with Crippen LogP contribution in [0.25, 0.3) is 6.08 Å². The van der Waals surface area contributed by atoms with Crippen molar-refractivity contribution in [2.75, 3.05) is 38.3 Å². The highest BCUT2D eigenvalue weighted by molar-refractivity contribution is 9.10. The SMILES string of the molecule is COc1cc2c(cc1N1CCOCC1)CC(=Cc1cc(Br)cc(C(F)(F)F)c1)C2=O. The van der Waals surface area contributed by atoms with Crippen molar-refractivity contribution in [2.24, 2.45) is 0 Å². The van der Waals surface area contributed by atoms with Crippen LogP contribution in [-0.2, 0) is 17.3 Å². The molecule has 0 aromatic heterocycles. The molecule has 2 aromatic rings. The number of nitrogens with zero attached hydrogens (tertiary/aromatic N) is 1. The van der Waals surface area contributed by atoms with Gasteiger partial charge in [-0.05, 0) is 47.5 Å². The van der Waals surface area contributed by atoms with E-state index in [0.717, 1.165) is 36.5 Å². The lowest BCUT2D eigenvalue weighted by atomic mass is 10.1. The molecule has 1 fully saturated rings. The van der Waals surface area contributed by atoms with Crippen molar-refractivity contribution < 1.29 is 27.4 Å². The number of morpholine rings is 1. The zero-order valence-electron chi connectivity index (χ0n) is 16.2. The van der Waals surface area contributed by atoms with E-state index in [1.165, 1.54) is 6.08 Å². The number of allylic oxidation sites excluding steroid dienone is 1. The number of rotatable bonds is 3. The maximum atomic E-state index is 13.1. The van der Waals surface area contributed by atoms with Crippen LogP contribution < -0.4 is 9.64 Å². The van der Waals surface area contributed by atoms with Crippen LogP contribution in [0.2, 0.25) is 0 Å². The molecule has 2 aromatic carbocycles. The first-order valence-corrected chi connectivity index (χ1v) is 10.2. The number of hydrogen-bond donors (Lipinski definition) is 0. The highest BCUT2D eigenvalue weighted by atomic mass is 79.9. The fourth-order valence-electron chi connectivity index (χ4n) is 3.82. The average molecular weight is 482 g/mol. The molecule has 0 radical (unpaired) electrons. The zero-order chi connectivity index (χ0) is 21.5. The van der Waals surface area contributed by atoms with Gasteiger partial charge in [-0.15, -0.1) is 0 Å². The Morgan fingerprint density at radius 1 is 1.13 bits per heavy atom. The van der Waals surface area contributed by atoms with Gasteiger partial charge in [-0.1, -0.05) is 15.9 Å². The van der Waals surface area contributed by atoms with Gasteiger partial charge in [0.15, 0.2) is 5.78 Å². The molecule has 4 rings (SSSR count). The summed E-state index contributed by atoms with van der Waals surface area (Å²) in [6.07, 6.45) is -2.56. The first-order chi connectivity index (χ1) is 14.3. The quantitative estimate of drug-likeness (QED) is 0.569. The van der Waals surface area contributed by atoms with Gasteiger partial charge in [-0.3, -0.25) is 4.79 Å². The number of anilines is 1. The van der Waals surface area contributed by atoms with E-state index >= 15 is 0 Å². The molecule has 1 aliphatic heterocycles. The van der Waals surface area contributed by atoms with E-state index in [4.69, 9.17) is 9.47 Å². The second-order valence-corrected chi connectivity index (χ2v) is 8.14. The number of methoxy groups -OCH3 is 1. The molecule has 2 aliphatic rings. The molecule has 158 valence electrons. The molecule has 4 nitrogen and oxygen atoms in total. The van der Waals surface area contributed by atoms with Crippen molar-refractivity contribution in [3.05, 3.63) is 62.6 Å².